The van der Waals surface area contributed by atoms with Gasteiger partial charge in [-0.2, -0.15) is 0 Å². The Kier molecular flexibility index (Phi) is 3.40. The second-order valence-corrected chi connectivity index (χ2v) is 5.65. The van der Waals surface area contributed by atoms with Crippen LogP contribution >= 0.6 is 0 Å². The number of H-pyrrole nitrogens is 1. The lowest BCUT2D eigenvalue weighted by molar-refractivity contribution is -0.643. The van der Waals surface area contributed by atoms with Crippen LogP contribution in [0.5, 0.6) is 0 Å². The summed E-state index contributed by atoms with van der Waals surface area (Å²) >= 11 is 0. The van der Waals surface area contributed by atoms with E-state index in [0.29, 0.717) is 0 Å². The molecule has 0 amide bonds. The Morgan fingerprint density at radius 1 is 0.905 bits per heavy atom. The topological polar surface area (TPSA) is 19.7 Å². The first-order chi connectivity index (χ1) is 9.65. The molecular formula is C18H17IN2. The number of nitrogens with zero attached hydrogens (tertiary/aromatic N) is 1. The molecule has 0 spiro atoms. The fourth-order valence-corrected chi connectivity index (χ4v) is 3.08. The summed E-state index contributed by atoms with van der Waals surface area (Å²) in [6, 6.07) is 13.1. The van der Waals surface area contributed by atoms with Gasteiger partial charge in [0.05, 0.1) is 16.3 Å². The molecule has 0 atom stereocenters. The first-order valence-electron chi connectivity index (χ1n) is 6.95. The molecule has 21 heavy (non-hydrogen) atoms. The van der Waals surface area contributed by atoms with Crippen LogP contribution in [0.25, 0.3) is 32.7 Å². The molecule has 0 unspecified atom stereocenters. The van der Waals surface area contributed by atoms with Crippen molar-refractivity contribution in [2.75, 3.05) is 0 Å². The molecule has 0 saturated heterocycles. The molecule has 0 fully saturated rings. The zero-order valence-electron chi connectivity index (χ0n) is 12.4. The Morgan fingerprint density at radius 3 is 2.43 bits per heavy atom. The van der Waals surface area contributed by atoms with E-state index in [1.807, 2.05) is 0 Å². The molecule has 0 bridgehead atoms. The van der Waals surface area contributed by atoms with E-state index in [2.05, 4.69) is 73.0 Å². The van der Waals surface area contributed by atoms with Gasteiger partial charge in [0, 0.05) is 17.0 Å². The normalized spacial score (nSPS) is 11.2. The summed E-state index contributed by atoms with van der Waals surface area (Å²) in [6.07, 6.45) is 2.23. The number of aromatic nitrogens is 2. The van der Waals surface area contributed by atoms with Crippen LogP contribution in [-0.2, 0) is 7.05 Å². The third kappa shape index (κ3) is 2.02. The Morgan fingerprint density at radius 2 is 1.62 bits per heavy atom. The second-order valence-electron chi connectivity index (χ2n) is 5.65. The quantitative estimate of drug-likeness (QED) is 0.342. The zero-order chi connectivity index (χ0) is 13.9. The van der Waals surface area contributed by atoms with Crippen molar-refractivity contribution >= 4 is 32.7 Å². The highest BCUT2D eigenvalue weighted by Crippen LogP contribution is 2.30. The zero-order valence-corrected chi connectivity index (χ0v) is 14.5. The Balaban J connectivity index is 0.00000132. The molecule has 0 radical (unpaired) electrons. The Hall–Kier alpha value is -1.62. The summed E-state index contributed by atoms with van der Waals surface area (Å²) in [5, 5.41) is 3.88. The van der Waals surface area contributed by atoms with Crippen molar-refractivity contribution in [3.8, 4) is 0 Å². The van der Waals surface area contributed by atoms with Crippen LogP contribution in [0.15, 0.2) is 42.6 Å². The predicted octanol–water partition coefficient (Wildman–Crippen LogP) is 0.920. The maximum absolute atomic E-state index is 3.60. The Labute approximate surface area is 140 Å². The first-order valence-corrected chi connectivity index (χ1v) is 6.95. The minimum atomic E-state index is 0. The van der Waals surface area contributed by atoms with E-state index in [1.165, 1.54) is 43.8 Å². The molecule has 2 aromatic heterocycles. The molecule has 2 heterocycles. The highest BCUT2D eigenvalue weighted by Gasteiger charge is 2.14. The van der Waals surface area contributed by atoms with Gasteiger partial charge in [-0.3, -0.25) is 0 Å². The van der Waals surface area contributed by atoms with E-state index in [4.69, 9.17) is 0 Å². The van der Waals surface area contributed by atoms with Crippen LogP contribution in [0.4, 0.5) is 0 Å². The third-order valence-electron chi connectivity index (χ3n) is 4.33. The summed E-state index contributed by atoms with van der Waals surface area (Å²) in [4.78, 5) is 3.60. The van der Waals surface area contributed by atoms with Crippen molar-refractivity contribution in [1.82, 2.24) is 4.98 Å². The molecule has 3 heteroatoms. The number of aromatic amines is 1. The van der Waals surface area contributed by atoms with E-state index >= 15 is 0 Å². The van der Waals surface area contributed by atoms with Crippen molar-refractivity contribution in [1.29, 1.82) is 0 Å². The second kappa shape index (κ2) is 4.98. The van der Waals surface area contributed by atoms with Gasteiger partial charge in [-0.1, -0.05) is 12.1 Å². The summed E-state index contributed by atoms with van der Waals surface area (Å²) < 4.78 is 2.21. The molecule has 0 aliphatic rings. The summed E-state index contributed by atoms with van der Waals surface area (Å²) in [5.74, 6) is 0. The van der Waals surface area contributed by atoms with Gasteiger partial charge in [0.2, 0.25) is 5.52 Å². The average Bonchev–Trinajstić information content (AvgIpc) is 2.78. The van der Waals surface area contributed by atoms with Crippen molar-refractivity contribution in [2.24, 2.45) is 7.05 Å². The van der Waals surface area contributed by atoms with E-state index < -0.39 is 0 Å². The minimum absolute atomic E-state index is 0. The SMILES string of the molecule is Cc1cc2[nH]c3c(c[n+](C)c4ccccc34)c2cc1C.[I-]. The number of fused-ring (bicyclic) bond motifs is 5. The molecule has 106 valence electrons. The standard InChI is InChI=1S/C18H16N2.HI/c1-11-8-14-15-10-20(3)17-7-5-4-6-13(17)18(15)19-16(14)9-12(11)2;/h4-10H,1-3H3;1H. The van der Waals surface area contributed by atoms with Crippen LogP contribution in [0.2, 0.25) is 0 Å². The summed E-state index contributed by atoms with van der Waals surface area (Å²) in [7, 11) is 2.11. The first kappa shape index (κ1) is 14.3. The van der Waals surface area contributed by atoms with Gasteiger partial charge >= 0.3 is 0 Å². The summed E-state index contributed by atoms with van der Waals surface area (Å²) in [6.45, 7) is 4.34. The molecule has 0 saturated carbocycles. The van der Waals surface area contributed by atoms with E-state index in [0.717, 1.165) is 0 Å². The number of aryl methyl sites for hydroxylation is 3. The fourth-order valence-electron chi connectivity index (χ4n) is 3.08. The number of nitrogens with one attached hydrogen (secondary N) is 1. The van der Waals surface area contributed by atoms with Crippen molar-refractivity contribution < 1.29 is 28.5 Å². The molecule has 2 aromatic carbocycles. The predicted molar refractivity (Wildman–Crippen MR) is 84.0 cm³/mol. The van der Waals surface area contributed by atoms with E-state index in [9.17, 15) is 0 Å². The number of halogens is 1. The average molecular weight is 388 g/mol. The molecular weight excluding hydrogens is 371 g/mol. The van der Waals surface area contributed by atoms with Gasteiger partial charge in [0.25, 0.3) is 0 Å². The van der Waals surface area contributed by atoms with Gasteiger partial charge in [0.1, 0.15) is 7.05 Å². The smallest absolute Gasteiger partial charge is 0.214 e. The highest BCUT2D eigenvalue weighted by molar-refractivity contribution is 6.15. The van der Waals surface area contributed by atoms with Gasteiger partial charge in [0.15, 0.2) is 6.20 Å². The maximum atomic E-state index is 3.60. The summed E-state index contributed by atoms with van der Waals surface area (Å²) in [5.41, 5.74) is 6.38. The maximum Gasteiger partial charge on any atom is 0.214 e. The van der Waals surface area contributed by atoms with Crippen molar-refractivity contribution in [2.45, 2.75) is 13.8 Å². The molecule has 4 rings (SSSR count). The number of benzene rings is 2. The minimum Gasteiger partial charge on any atom is -1.00 e. The lowest BCUT2D eigenvalue weighted by Crippen LogP contribution is -3.00. The molecule has 4 aromatic rings. The number of pyridine rings is 1. The van der Waals surface area contributed by atoms with Gasteiger partial charge in [-0.25, -0.2) is 4.57 Å². The lowest BCUT2D eigenvalue weighted by Gasteiger charge is -1.99. The number of rotatable bonds is 0. The molecule has 0 aliphatic heterocycles. The monoisotopic (exact) mass is 388 g/mol. The van der Waals surface area contributed by atoms with Crippen LogP contribution in [0.3, 0.4) is 0 Å². The van der Waals surface area contributed by atoms with Crippen molar-refractivity contribution in [3.63, 3.8) is 0 Å². The van der Waals surface area contributed by atoms with E-state index in [-0.39, 0.29) is 24.0 Å². The van der Waals surface area contributed by atoms with E-state index in [1.54, 1.807) is 0 Å². The molecule has 1 N–H and O–H groups in total. The fraction of sp³-hybridized carbons (Fsp3) is 0.167. The number of hydrogen-bond donors (Lipinski definition) is 1. The van der Waals surface area contributed by atoms with Gasteiger partial charge in [-0.05, 0) is 43.2 Å². The number of para-hydroxylation sites is 1. The molecule has 0 aliphatic carbocycles. The lowest BCUT2D eigenvalue weighted by atomic mass is 10.1. The van der Waals surface area contributed by atoms with Crippen LogP contribution in [0, 0.1) is 13.8 Å². The van der Waals surface area contributed by atoms with Crippen LogP contribution < -0.4 is 28.5 Å². The van der Waals surface area contributed by atoms with Crippen LogP contribution in [0.1, 0.15) is 11.1 Å². The highest BCUT2D eigenvalue weighted by atomic mass is 127. The van der Waals surface area contributed by atoms with Gasteiger partial charge in [-0.15, -0.1) is 0 Å². The largest absolute Gasteiger partial charge is 1.00 e. The van der Waals surface area contributed by atoms with Crippen LogP contribution in [-0.4, -0.2) is 4.98 Å². The molecule has 2 nitrogen and oxygen atoms in total. The van der Waals surface area contributed by atoms with Gasteiger partial charge < -0.3 is 29.0 Å². The van der Waals surface area contributed by atoms with Crippen molar-refractivity contribution in [3.05, 3.63) is 53.7 Å². The Bertz CT molecular complexity index is 983. The third-order valence-corrected chi connectivity index (χ3v) is 4.33. The number of hydrogen-bond acceptors (Lipinski definition) is 0.